The van der Waals surface area contributed by atoms with Crippen molar-refractivity contribution < 1.29 is 4.39 Å². The highest BCUT2D eigenvalue weighted by atomic mass is 19.1. The summed E-state index contributed by atoms with van der Waals surface area (Å²) in [7, 11) is 0. The summed E-state index contributed by atoms with van der Waals surface area (Å²) in [6.45, 7) is 0. The predicted octanol–water partition coefficient (Wildman–Crippen LogP) is 16.1. The van der Waals surface area contributed by atoms with Crippen LogP contribution in [0.1, 0.15) is 0 Å². The summed E-state index contributed by atoms with van der Waals surface area (Å²) in [6.07, 6.45) is 0. The number of fused-ring (bicyclic) bond motifs is 3. The average Bonchev–Trinajstić information content (AvgIpc) is 4.09. The molecule has 0 saturated carbocycles. The number of hydrogen-bond donors (Lipinski definition) is 0. The zero-order valence-corrected chi connectivity index (χ0v) is 42.7. The fourth-order valence-electron chi connectivity index (χ4n) is 10.1. The van der Waals surface area contributed by atoms with Crippen molar-refractivity contribution in [1.29, 1.82) is 0 Å². The molecule has 10 aromatic carbocycles. The van der Waals surface area contributed by atoms with E-state index in [4.69, 9.17) is 44.9 Å². The standard InChI is InChI=1S/C69H43FN10/c70-57-34-20-19-33-53(57)50-35-38-54(69-78-65(48-29-15-5-16-30-48)73-66(79-69)49-31-17-6-18-32-49)60(43-50)80-58-39-36-51(67-74-61(44-21-7-1-8-22-44)71-62(75-67)45-23-9-2-10-24-45)41-55(58)56-42-52(37-40-59(56)80)68-76-63(46-25-11-3-12-26-46)72-64(77-68)47-27-13-4-14-28-47/h1-43H. The summed E-state index contributed by atoms with van der Waals surface area (Å²) in [5.74, 6) is 4.33. The third kappa shape index (κ3) is 9.10. The van der Waals surface area contributed by atoms with Crippen molar-refractivity contribution in [3.63, 3.8) is 0 Å². The summed E-state index contributed by atoms with van der Waals surface area (Å²) >= 11 is 0. The molecular weight excluding hydrogens is 988 g/mol. The lowest BCUT2D eigenvalue weighted by molar-refractivity contribution is 0.631. The molecule has 11 heteroatoms. The average molecular weight is 1030 g/mol. The van der Waals surface area contributed by atoms with Crippen LogP contribution in [0, 0.1) is 5.82 Å². The molecule has 0 radical (unpaired) electrons. The van der Waals surface area contributed by atoms with Gasteiger partial charge in [-0.2, -0.15) is 0 Å². The monoisotopic (exact) mass is 1030 g/mol. The molecule has 0 aliphatic carbocycles. The van der Waals surface area contributed by atoms with Crippen molar-refractivity contribution in [2.75, 3.05) is 0 Å². The number of rotatable bonds is 11. The Morgan fingerprint density at radius 3 is 0.850 bits per heavy atom. The first-order valence-electron chi connectivity index (χ1n) is 26.1. The van der Waals surface area contributed by atoms with Crippen LogP contribution in [0.2, 0.25) is 0 Å². The summed E-state index contributed by atoms with van der Waals surface area (Å²) < 4.78 is 18.3. The molecule has 0 bridgehead atoms. The number of hydrogen-bond acceptors (Lipinski definition) is 9. The second-order valence-corrected chi connectivity index (χ2v) is 19.1. The Bertz CT molecular complexity index is 4230. The molecule has 0 spiro atoms. The highest BCUT2D eigenvalue weighted by Gasteiger charge is 2.24. The van der Waals surface area contributed by atoms with Crippen LogP contribution in [-0.2, 0) is 0 Å². The zero-order valence-electron chi connectivity index (χ0n) is 42.7. The molecule has 0 saturated heterocycles. The maximum atomic E-state index is 16.0. The van der Waals surface area contributed by atoms with Crippen molar-refractivity contribution in [3.8, 4) is 119 Å². The van der Waals surface area contributed by atoms with E-state index in [9.17, 15) is 0 Å². The number of benzene rings is 10. The molecule has 0 amide bonds. The third-order valence-corrected chi connectivity index (χ3v) is 14.0. The van der Waals surface area contributed by atoms with E-state index in [0.717, 1.165) is 66.3 Å². The van der Waals surface area contributed by atoms with Crippen molar-refractivity contribution >= 4 is 21.8 Å². The van der Waals surface area contributed by atoms with Gasteiger partial charge < -0.3 is 4.57 Å². The number of halogens is 1. The molecule has 0 aliphatic rings. The number of nitrogens with zero attached hydrogens (tertiary/aromatic N) is 10. The second-order valence-electron chi connectivity index (χ2n) is 19.1. The van der Waals surface area contributed by atoms with E-state index >= 15 is 4.39 Å². The van der Waals surface area contributed by atoms with Gasteiger partial charge in [0, 0.05) is 66.4 Å². The van der Waals surface area contributed by atoms with E-state index in [2.05, 4.69) is 28.8 Å². The Balaban J connectivity index is 1.05. The fraction of sp³-hybridized carbons (Fsp3) is 0. The second kappa shape index (κ2) is 20.5. The third-order valence-electron chi connectivity index (χ3n) is 14.0. The molecule has 14 rings (SSSR count). The van der Waals surface area contributed by atoms with Crippen LogP contribution in [0.4, 0.5) is 4.39 Å². The highest BCUT2D eigenvalue weighted by molar-refractivity contribution is 6.12. The molecule has 376 valence electrons. The molecule has 0 fully saturated rings. The van der Waals surface area contributed by atoms with Gasteiger partial charge in [0.25, 0.3) is 0 Å². The van der Waals surface area contributed by atoms with Gasteiger partial charge in [-0.05, 0) is 60.2 Å². The Kier molecular flexibility index (Phi) is 12.1. The molecule has 4 aromatic heterocycles. The van der Waals surface area contributed by atoms with E-state index in [1.165, 1.54) is 6.07 Å². The van der Waals surface area contributed by atoms with Gasteiger partial charge in [-0.15, -0.1) is 0 Å². The van der Waals surface area contributed by atoms with Gasteiger partial charge in [-0.25, -0.2) is 49.2 Å². The Morgan fingerprint density at radius 1 is 0.225 bits per heavy atom. The van der Waals surface area contributed by atoms with Crippen LogP contribution in [0.25, 0.3) is 141 Å². The first kappa shape index (κ1) is 47.4. The lowest BCUT2D eigenvalue weighted by Crippen LogP contribution is -2.04. The van der Waals surface area contributed by atoms with E-state index in [-0.39, 0.29) is 5.82 Å². The van der Waals surface area contributed by atoms with Gasteiger partial charge in [-0.1, -0.05) is 206 Å². The first-order valence-corrected chi connectivity index (χ1v) is 26.1. The zero-order chi connectivity index (χ0) is 53.4. The lowest BCUT2D eigenvalue weighted by atomic mass is 10.0. The Morgan fingerprint density at radius 2 is 0.512 bits per heavy atom. The highest BCUT2D eigenvalue weighted by Crippen LogP contribution is 2.41. The summed E-state index contributed by atoms with van der Waals surface area (Å²) in [4.78, 5) is 46.1. The van der Waals surface area contributed by atoms with Crippen LogP contribution in [-0.4, -0.2) is 49.4 Å². The van der Waals surface area contributed by atoms with Crippen molar-refractivity contribution in [2.45, 2.75) is 0 Å². The smallest absolute Gasteiger partial charge is 0.166 e. The van der Waals surface area contributed by atoms with Crippen LogP contribution in [0.5, 0.6) is 0 Å². The summed E-state index contributed by atoms with van der Waals surface area (Å²) in [6, 6.07) is 85.0. The van der Waals surface area contributed by atoms with Crippen molar-refractivity contribution in [1.82, 2.24) is 49.4 Å². The van der Waals surface area contributed by atoms with Gasteiger partial charge in [0.2, 0.25) is 0 Å². The lowest BCUT2D eigenvalue weighted by Gasteiger charge is -2.17. The van der Waals surface area contributed by atoms with Crippen LogP contribution >= 0.6 is 0 Å². The first-order chi connectivity index (χ1) is 39.5. The van der Waals surface area contributed by atoms with Gasteiger partial charge in [0.15, 0.2) is 52.4 Å². The molecule has 0 aliphatic heterocycles. The van der Waals surface area contributed by atoms with E-state index in [1.807, 2.05) is 218 Å². The minimum absolute atomic E-state index is 0.343. The molecule has 0 N–H and O–H groups in total. The SMILES string of the molecule is Fc1ccccc1-c1ccc(-c2nc(-c3ccccc3)nc(-c3ccccc3)n2)c(-n2c3ccc(-c4nc(-c5ccccc5)nc(-c5ccccc5)n4)cc3c3cc(-c4nc(-c5ccccc5)nc(-c5ccccc5)n4)ccc32)c1. The maximum Gasteiger partial charge on any atom is 0.166 e. The predicted molar refractivity (Wildman–Crippen MR) is 315 cm³/mol. The molecule has 0 atom stereocenters. The molecule has 0 unspecified atom stereocenters. The van der Waals surface area contributed by atoms with Gasteiger partial charge in [0.05, 0.1) is 16.7 Å². The van der Waals surface area contributed by atoms with E-state index in [1.54, 1.807) is 12.1 Å². The minimum Gasteiger partial charge on any atom is -0.308 e. The topological polar surface area (TPSA) is 121 Å². The van der Waals surface area contributed by atoms with Gasteiger partial charge >= 0.3 is 0 Å². The van der Waals surface area contributed by atoms with E-state index < -0.39 is 0 Å². The Labute approximate surface area is 459 Å². The molecule has 14 aromatic rings. The van der Waals surface area contributed by atoms with Gasteiger partial charge in [-0.3, -0.25) is 0 Å². The molecule has 10 nitrogen and oxygen atoms in total. The fourth-order valence-corrected chi connectivity index (χ4v) is 10.1. The van der Waals surface area contributed by atoms with E-state index in [0.29, 0.717) is 74.8 Å². The normalized spacial score (nSPS) is 11.3. The number of aromatic nitrogens is 10. The molecular formula is C69H43FN10. The van der Waals surface area contributed by atoms with Crippen LogP contribution in [0.15, 0.2) is 261 Å². The molecule has 80 heavy (non-hydrogen) atoms. The van der Waals surface area contributed by atoms with Crippen molar-refractivity contribution in [3.05, 3.63) is 267 Å². The molecule has 4 heterocycles. The Hall–Kier alpha value is -11.0. The van der Waals surface area contributed by atoms with Crippen LogP contribution < -0.4 is 0 Å². The summed E-state index contributed by atoms with van der Waals surface area (Å²) in [5.41, 5.74) is 10.9. The van der Waals surface area contributed by atoms with Crippen molar-refractivity contribution in [2.24, 2.45) is 0 Å². The largest absolute Gasteiger partial charge is 0.308 e. The summed E-state index contributed by atoms with van der Waals surface area (Å²) in [5, 5.41) is 1.77. The quantitative estimate of drug-likeness (QED) is 0.125. The van der Waals surface area contributed by atoms with Gasteiger partial charge in [0.1, 0.15) is 5.82 Å². The maximum absolute atomic E-state index is 16.0. The van der Waals surface area contributed by atoms with Crippen LogP contribution in [0.3, 0.4) is 0 Å². The minimum atomic E-state index is -0.343.